The Hall–Kier alpha value is -2.75. The highest BCUT2D eigenvalue weighted by atomic mass is 19.1. The largest absolute Gasteiger partial charge is 0.454 e. The Balaban J connectivity index is 1.48. The summed E-state index contributed by atoms with van der Waals surface area (Å²) in [5.74, 6) is -1.20. The molecule has 0 amide bonds. The van der Waals surface area contributed by atoms with Gasteiger partial charge in [-0.2, -0.15) is 5.26 Å². The molecule has 2 aliphatic heterocycles. The number of Topliss-reactive ketones (excluding diaryl/α,β-unsaturated/α-hetero) is 1. The lowest BCUT2D eigenvalue weighted by molar-refractivity contribution is -0.124. The predicted molar refractivity (Wildman–Crippen MR) is 106 cm³/mol. The van der Waals surface area contributed by atoms with E-state index in [1.54, 1.807) is 12.1 Å². The number of hydrogen-bond donors (Lipinski definition) is 1. The summed E-state index contributed by atoms with van der Waals surface area (Å²) in [5, 5.41) is 20.0. The molecule has 5 rings (SSSR count). The summed E-state index contributed by atoms with van der Waals surface area (Å²) in [4.78, 5) is 13.3. The van der Waals surface area contributed by atoms with Crippen LogP contribution in [0.4, 0.5) is 4.39 Å². The van der Waals surface area contributed by atoms with Gasteiger partial charge in [0.15, 0.2) is 11.6 Å². The standard InChI is InChI=1S/C24H22FNO4/c1-2-13-4-5-14(29-17-6-3-12(11-26)9-16(17)25)10-15(13)20-23(27)21-18-7-8-19(30-18)22(21)24(20)28/h3-6,9-10,18-23,27H,2,7-8H2,1H3. The van der Waals surface area contributed by atoms with Crippen LogP contribution in [-0.4, -0.2) is 29.2 Å². The molecule has 3 fully saturated rings. The SMILES string of the molecule is CCc1ccc(Oc2ccc(C#N)cc2F)cc1C1C(=O)C2C3CCC(O3)C2C1O. The maximum Gasteiger partial charge on any atom is 0.167 e. The number of rotatable bonds is 4. The van der Waals surface area contributed by atoms with E-state index in [0.717, 1.165) is 30.0 Å². The Labute approximate surface area is 174 Å². The van der Waals surface area contributed by atoms with Crippen molar-refractivity contribution in [3.63, 3.8) is 0 Å². The maximum atomic E-state index is 14.3. The summed E-state index contributed by atoms with van der Waals surface area (Å²) in [7, 11) is 0. The fraction of sp³-hybridized carbons (Fsp3) is 0.417. The number of aliphatic hydroxyl groups is 1. The topological polar surface area (TPSA) is 79.5 Å². The Kier molecular flexibility index (Phi) is 4.61. The zero-order valence-corrected chi connectivity index (χ0v) is 16.5. The number of fused-ring (bicyclic) bond motifs is 5. The molecule has 1 aliphatic carbocycles. The second-order valence-corrected chi connectivity index (χ2v) is 8.34. The molecule has 6 heteroatoms. The van der Waals surface area contributed by atoms with Crippen LogP contribution in [0.5, 0.6) is 11.5 Å². The molecule has 1 saturated carbocycles. The molecule has 0 radical (unpaired) electrons. The molecule has 2 saturated heterocycles. The number of aryl methyl sites for hydroxylation is 1. The van der Waals surface area contributed by atoms with Gasteiger partial charge in [0.05, 0.1) is 41.8 Å². The highest BCUT2D eigenvalue weighted by molar-refractivity contribution is 5.93. The number of halogens is 1. The highest BCUT2D eigenvalue weighted by Gasteiger charge is 2.62. The van der Waals surface area contributed by atoms with Gasteiger partial charge in [0.2, 0.25) is 0 Å². The molecule has 6 atom stereocenters. The zero-order valence-electron chi connectivity index (χ0n) is 16.5. The first-order chi connectivity index (χ1) is 14.5. The van der Waals surface area contributed by atoms with Crippen LogP contribution in [0.25, 0.3) is 0 Å². The number of hydrogen-bond acceptors (Lipinski definition) is 5. The number of benzene rings is 2. The molecule has 2 heterocycles. The number of carbonyl (C=O) groups is 1. The highest BCUT2D eigenvalue weighted by Crippen LogP contribution is 2.54. The molecule has 2 aromatic carbocycles. The van der Waals surface area contributed by atoms with Crippen LogP contribution < -0.4 is 4.74 Å². The average Bonchev–Trinajstić information content (AvgIpc) is 3.43. The minimum atomic E-state index is -0.787. The van der Waals surface area contributed by atoms with E-state index in [0.29, 0.717) is 12.2 Å². The van der Waals surface area contributed by atoms with Crippen LogP contribution in [0.15, 0.2) is 36.4 Å². The number of aliphatic hydroxyl groups excluding tert-OH is 1. The average molecular weight is 407 g/mol. The first-order valence-corrected chi connectivity index (χ1v) is 10.4. The molecule has 154 valence electrons. The van der Waals surface area contributed by atoms with Crippen molar-refractivity contribution in [2.24, 2.45) is 11.8 Å². The minimum absolute atomic E-state index is 0.00538. The normalized spacial score (nSPS) is 31.6. The van der Waals surface area contributed by atoms with Crippen LogP contribution in [0.1, 0.15) is 42.4 Å². The Morgan fingerprint density at radius 1 is 1.23 bits per heavy atom. The summed E-state index contributed by atoms with van der Waals surface area (Å²) in [6.07, 6.45) is 1.56. The minimum Gasteiger partial charge on any atom is -0.454 e. The van der Waals surface area contributed by atoms with E-state index in [-0.39, 0.29) is 41.1 Å². The lowest BCUT2D eigenvalue weighted by Gasteiger charge is -2.23. The molecular formula is C24H22FNO4. The van der Waals surface area contributed by atoms with Gasteiger partial charge in [-0.25, -0.2) is 4.39 Å². The third kappa shape index (κ3) is 2.84. The van der Waals surface area contributed by atoms with E-state index in [4.69, 9.17) is 14.7 Å². The molecule has 0 aromatic heterocycles. The fourth-order valence-corrected chi connectivity index (χ4v) is 5.48. The van der Waals surface area contributed by atoms with Crippen molar-refractivity contribution in [1.29, 1.82) is 5.26 Å². The van der Waals surface area contributed by atoms with Crippen molar-refractivity contribution >= 4 is 5.78 Å². The lowest BCUT2D eigenvalue weighted by Crippen LogP contribution is -2.31. The van der Waals surface area contributed by atoms with Crippen LogP contribution in [0.3, 0.4) is 0 Å². The zero-order chi connectivity index (χ0) is 21.0. The van der Waals surface area contributed by atoms with Gasteiger partial charge in [-0.05, 0) is 60.7 Å². The third-order valence-electron chi connectivity index (χ3n) is 6.82. The molecule has 2 bridgehead atoms. The summed E-state index contributed by atoms with van der Waals surface area (Å²) in [6.45, 7) is 2.00. The second kappa shape index (κ2) is 7.19. The van der Waals surface area contributed by atoms with Crippen molar-refractivity contribution in [1.82, 2.24) is 0 Å². The summed E-state index contributed by atoms with van der Waals surface area (Å²) in [5.41, 5.74) is 1.92. The lowest BCUT2D eigenvalue weighted by atomic mass is 9.81. The summed E-state index contributed by atoms with van der Waals surface area (Å²) in [6, 6.07) is 11.3. The molecule has 0 spiro atoms. The molecule has 3 aliphatic rings. The van der Waals surface area contributed by atoms with Gasteiger partial charge >= 0.3 is 0 Å². The molecule has 30 heavy (non-hydrogen) atoms. The number of nitriles is 1. The van der Waals surface area contributed by atoms with Gasteiger partial charge in [-0.1, -0.05) is 13.0 Å². The molecule has 6 unspecified atom stereocenters. The summed E-state index contributed by atoms with van der Waals surface area (Å²) >= 11 is 0. The molecule has 1 N–H and O–H groups in total. The van der Waals surface area contributed by atoms with Crippen LogP contribution in [0.2, 0.25) is 0 Å². The van der Waals surface area contributed by atoms with Crippen LogP contribution in [-0.2, 0) is 16.0 Å². The van der Waals surface area contributed by atoms with E-state index in [2.05, 4.69) is 0 Å². The molecular weight excluding hydrogens is 385 g/mol. The van der Waals surface area contributed by atoms with Gasteiger partial charge in [0, 0.05) is 5.92 Å². The first-order valence-electron chi connectivity index (χ1n) is 10.4. The Morgan fingerprint density at radius 3 is 2.73 bits per heavy atom. The van der Waals surface area contributed by atoms with Gasteiger partial charge < -0.3 is 14.6 Å². The van der Waals surface area contributed by atoms with Crippen LogP contribution >= 0.6 is 0 Å². The number of carbonyl (C=O) groups excluding carboxylic acids is 1. The number of ether oxygens (including phenoxy) is 2. The van der Waals surface area contributed by atoms with Gasteiger partial charge in [0.1, 0.15) is 11.5 Å². The Bertz CT molecular complexity index is 1060. The predicted octanol–water partition coefficient (Wildman–Crippen LogP) is 3.87. The van der Waals surface area contributed by atoms with Crippen molar-refractivity contribution in [3.8, 4) is 17.6 Å². The second-order valence-electron chi connectivity index (χ2n) is 8.34. The van der Waals surface area contributed by atoms with Gasteiger partial charge in [0.25, 0.3) is 0 Å². The van der Waals surface area contributed by atoms with E-state index in [9.17, 15) is 14.3 Å². The number of nitrogens with zero attached hydrogens (tertiary/aromatic N) is 1. The van der Waals surface area contributed by atoms with Crippen molar-refractivity contribution < 1.29 is 23.8 Å². The first kappa shape index (κ1) is 19.2. The van der Waals surface area contributed by atoms with Gasteiger partial charge in [-0.3, -0.25) is 4.79 Å². The molecule has 5 nitrogen and oxygen atoms in total. The maximum absolute atomic E-state index is 14.3. The van der Waals surface area contributed by atoms with E-state index >= 15 is 0 Å². The third-order valence-corrected chi connectivity index (χ3v) is 6.82. The van der Waals surface area contributed by atoms with E-state index in [1.807, 2.05) is 19.1 Å². The van der Waals surface area contributed by atoms with Gasteiger partial charge in [-0.15, -0.1) is 0 Å². The fourth-order valence-electron chi connectivity index (χ4n) is 5.48. The van der Waals surface area contributed by atoms with Crippen molar-refractivity contribution in [2.45, 2.75) is 50.4 Å². The van der Waals surface area contributed by atoms with Crippen molar-refractivity contribution in [3.05, 3.63) is 58.9 Å². The van der Waals surface area contributed by atoms with Crippen LogP contribution in [0, 0.1) is 29.0 Å². The smallest absolute Gasteiger partial charge is 0.167 e. The monoisotopic (exact) mass is 407 g/mol. The Morgan fingerprint density at radius 2 is 2.03 bits per heavy atom. The van der Waals surface area contributed by atoms with Crippen molar-refractivity contribution in [2.75, 3.05) is 0 Å². The summed E-state index contributed by atoms with van der Waals surface area (Å²) < 4.78 is 25.9. The molecule has 2 aromatic rings. The quantitative estimate of drug-likeness (QED) is 0.832. The van der Waals surface area contributed by atoms with E-state index in [1.165, 1.54) is 12.1 Å². The number of ketones is 1. The van der Waals surface area contributed by atoms with E-state index < -0.39 is 17.8 Å².